The van der Waals surface area contributed by atoms with E-state index < -0.39 is 0 Å². The summed E-state index contributed by atoms with van der Waals surface area (Å²) in [5.74, 6) is 0.0363. The minimum absolute atomic E-state index is 0.0363. The first-order chi connectivity index (χ1) is 12.1. The number of aliphatic hydroxyl groups is 1. The maximum absolute atomic E-state index is 12.8. The molecule has 2 heterocycles. The molecule has 1 atom stereocenters. The van der Waals surface area contributed by atoms with E-state index in [1.165, 1.54) is 11.1 Å². The van der Waals surface area contributed by atoms with Gasteiger partial charge in [0, 0.05) is 23.9 Å². The van der Waals surface area contributed by atoms with Gasteiger partial charge in [-0.1, -0.05) is 31.2 Å². The molecule has 1 fully saturated rings. The highest BCUT2D eigenvalue weighted by atomic mass is 32.1. The van der Waals surface area contributed by atoms with Crippen LogP contribution in [0.5, 0.6) is 0 Å². The summed E-state index contributed by atoms with van der Waals surface area (Å²) in [5, 5.41) is 13.6. The lowest BCUT2D eigenvalue weighted by Gasteiger charge is -2.42. The number of thiazole rings is 1. The second kappa shape index (κ2) is 6.54. The fourth-order valence-electron chi connectivity index (χ4n) is 4.38. The van der Waals surface area contributed by atoms with E-state index in [1.54, 1.807) is 11.3 Å². The number of piperidine rings is 1. The second-order valence-corrected chi connectivity index (χ2v) is 8.14. The van der Waals surface area contributed by atoms with E-state index in [4.69, 9.17) is 0 Å². The van der Waals surface area contributed by atoms with Crippen LogP contribution in [0.3, 0.4) is 0 Å². The lowest BCUT2D eigenvalue weighted by Crippen LogP contribution is -2.49. The number of fused-ring (bicyclic) bond motifs is 2. The zero-order chi connectivity index (χ0) is 17.4. The van der Waals surface area contributed by atoms with Crippen molar-refractivity contribution in [1.82, 2.24) is 9.88 Å². The minimum Gasteiger partial charge on any atom is -0.392 e. The van der Waals surface area contributed by atoms with E-state index >= 15 is 0 Å². The fourth-order valence-corrected chi connectivity index (χ4v) is 5.25. The molecule has 25 heavy (non-hydrogen) atoms. The molecule has 1 aliphatic heterocycles. The number of carbonyl (C=O) groups is 1. The summed E-state index contributed by atoms with van der Waals surface area (Å²) in [6, 6.07) is 8.37. The number of rotatable bonds is 3. The van der Waals surface area contributed by atoms with Crippen LogP contribution in [0.2, 0.25) is 0 Å². The number of amides is 1. The van der Waals surface area contributed by atoms with Gasteiger partial charge in [-0.2, -0.15) is 0 Å². The van der Waals surface area contributed by atoms with Crippen molar-refractivity contribution in [2.24, 2.45) is 0 Å². The summed E-state index contributed by atoms with van der Waals surface area (Å²) in [7, 11) is 0. The molecule has 132 valence electrons. The van der Waals surface area contributed by atoms with Gasteiger partial charge in [-0.05, 0) is 43.2 Å². The summed E-state index contributed by atoms with van der Waals surface area (Å²) in [6.45, 7) is 3.49. The summed E-state index contributed by atoms with van der Waals surface area (Å²) in [4.78, 5) is 19.2. The Bertz CT molecular complexity index is 778. The number of hydrogen-bond acceptors (Lipinski definition) is 4. The molecule has 4 rings (SSSR count). The molecule has 1 aromatic carbocycles. The lowest BCUT2D eigenvalue weighted by molar-refractivity contribution is 0.0363. The molecule has 1 N–H and O–H groups in total. The van der Waals surface area contributed by atoms with E-state index in [0.29, 0.717) is 18.8 Å². The fraction of sp³-hybridized carbons (Fsp3) is 0.500. The predicted molar refractivity (Wildman–Crippen MR) is 99.1 cm³/mol. The third-order valence-corrected chi connectivity index (χ3v) is 6.69. The quantitative estimate of drug-likeness (QED) is 0.919. The Morgan fingerprint density at radius 3 is 2.88 bits per heavy atom. The van der Waals surface area contributed by atoms with Crippen LogP contribution in [0.25, 0.3) is 0 Å². The maximum atomic E-state index is 12.8. The van der Waals surface area contributed by atoms with Crippen molar-refractivity contribution < 1.29 is 9.90 Å². The van der Waals surface area contributed by atoms with Crippen LogP contribution in [0.4, 0.5) is 0 Å². The Labute approximate surface area is 152 Å². The highest BCUT2D eigenvalue weighted by molar-refractivity contribution is 7.09. The molecule has 1 aromatic heterocycles. The van der Waals surface area contributed by atoms with Crippen molar-refractivity contribution >= 4 is 17.2 Å². The Morgan fingerprint density at radius 1 is 1.36 bits per heavy atom. The van der Waals surface area contributed by atoms with Crippen molar-refractivity contribution in [2.45, 2.75) is 50.5 Å². The first-order valence-electron chi connectivity index (χ1n) is 9.14. The molecule has 5 heteroatoms. The van der Waals surface area contributed by atoms with Crippen molar-refractivity contribution in [3.63, 3.8) is 0 Å². The normalized spacial score (nSPS) is 21.5. The summed E-state index contributed by atoms with van der Waals surface area (Å²) in [5.41, 5.74) is 2.95. The molecule has 2 aromatic rings. The van der Waals surface area contributed by atoms with Crippen LogP contribution in [0.1, 0.15) is 52.8 Å². The number of aryl methyl sites for hydroxylation is 1. The zero-order valence-corrected chi connectivity index (χ0v) is 15.4. The average Bonchev–Trinajstić information content (AvgIpc) is 3.20. The molecule has 0 saturated carbocycles. The number of hydrogen-bond donors (Lipinski definition) is 1. The van der Waals surface area contributed by atoms with Gasteiger partial charge in [-0.25, -0.2) is 4.98 Å². The van der Waals surface area contributed by atoms with Crippen LogP contribution < -0.4 is 0 Å². The van der Waals surface area contributed by atoms with Crippen molar-refractivity contribution in [2.75, 3.05) is 13.1 Å². The van der Waals surface area contributed by atoms with Gasteiger partial charge in [0.1, 0.15) is 5.69 Å². The molecule has 0 unspecified atom stereocenters. The molecule has 0 radical (unpaired) electrons. The number of carbonyl (C=O) groups excluding carboxylic acids is 1. The van der Waals surface area contributed by atoms with Gasteiger partial charge in [0.25, 0.3) is 5.91 Å². The Kier molecular flexibility index (Phi) is 4.38. The monoisotopic (exact) mass is 356 g/mol. The van der Waals surface area contributed by atoms with Gasteiger partial charge in [-0.15, -0.1) is 11.3 Å². The number of benzene rings is 1. The number of aromatic nitrogens is 1. The van der Waals surface area contributed by atoms with Crippen LogP contribution in [-0.4, -0.2) is 40.1 Å². The molecule has 1 spiro atoms. The smallest absolute Gasteiger partial charge is 0.273 e. The maximum Gasteiger partial charge on any atom is 0.273 e. The van der Waals surface area contributed by atoms with Gasteiger partial charge >= 0.3 is 0 Å². The Balaban J connectivity index is 1.49. The number of nitrogens with zero attached hydrogens (tertiary/aromatic N) is 2. The van der Waals surface area contributed by atoms with Crippen LogP contribution in [-0.2, 0) is 18.3 Å². The average molecular weight is 356 g/mol. The van der Waals surface area contributed by atoms with Crippen molar-refractivity contribution in [1.29, 1.82) is 0 Å². The second-order valence-electron chi connectivity index (χ2n) is 7.20. The molecule has 1 amide bonds. The first kappa shape index (κ1) is 16.7. The lowest BCUT2D eigenvalue weighted by atomic mass is 9.72. The van der Waals surface area contributed by atoms with Gasteiger partial charge in [0.15, 0.2) is 0 Å². The van der Waals surface area contributed by atoms with E-state index in [1.807, 2.05) is 16.3 Å². The molecule has 1 saturated heterocycles. The van der Waals surface area contributed by atoms with Crippen molar-refractivity contribution in [3.8, 4) is 0 Å². The molecule has 1 aliphatic carbocycles. The molecule has 4 nitrogen and oxygen atoms in total. The predicted octanol–water partition coefficient (Wildman–Crippen LogP) is 3.19. The van der Waals surface area contributed by atoms with Gasteiger partial charge in [0.2, 0.25) is 0 Å². The Morgan fingerprint density at radius 2 is 2.12 bits per heavy atom. The van der Waals surface area contributed by atoms with Crippen LogP contribution >= 0.6 is 11.3 Å². The zero-order valence-electron chi connectivity index (χ0n) is 14.6. The van der Waals surface area contributed by atoms with Gasteiger partial charge < -0.3 is 10.0 Å². The van der Waals surface area contributed by atoms with E-state index in [0.717, 1.165) is 37.1 Å². The number of likely N-dealkylation sites (tertiary alicyclic amines) is 1. The van der Waals surface area contributed by atoms with E-state index in [-0.39, 0.29) is 17.4 Å². The van der Waals surface area contributed by atoms with Gasteiger partial charge in [0.05, 0.1) is 11.1 Å². The Hall–Kier alpha value is -1.72. The minimum atomic E-state index is -0.336. The third kappa shape index (κ3) is 2.79. The third-order valence-electron chi connectivity index (χ3n) is 5.78. The van der Waals surface area contributed by atoms with Crippen molar-refractivity contribution in [3.05, 3.63) is 51.5 Å². The molecule has 0 bridgehead atoms. The van der Waals surface area contributed by atoms with E-state index in [9.17, 15) is 9.90 Å². The first-order valence-corrected chi connectivity index (χ1v) is 10.0. The summed E-state index contributed by atoms with van der Waals surface area (Å²) < 4.78 is 0. The number of aliphatic hydroxyl groups excluding tert-OH is 1. The molecule has 2 aliphatic rings. The standard InChI is InChI=1S/C20H24N2O2S/c1-2-5-18-21-16(13-25-18)19(24)22-10-8-20(9-11-22)15-7-4-3-6-14(15)12-17(20)23/h3-4,6-7,13,17,23H,2,5,8-12H2,1H3/t17-/m0/s1. The van der Waals surface area contributed by atoms with Gasteiger partial charge in [-0.3, -0.25) is 4.79 Å². The molecular formula is C20H24N2O2S. The highest BCUT2D eigenvalue weighted by Gasteiger charge is 2.48. The van der Waals surface area contributed by atoms with Crippen LogP contribution in [0, 0.1) is 0 Å². The van der Waals surface area contributed by atoms with E-state index in [2.05, 4.69) is 30.1 Å². The summed E-state index contributed by atoms with van der Waals surface area (Å²) >= 11 is 1.58. The SMILES string of the molecule is CCCc1nc(C(=O)N2CCC3(CC2)c2ccccc2C[C@@H]3O)cs1. The summed E-state index contributed by atoms with van der Waals surface area (Å²) in [6.07, 6.45) is 4.02. The topological polar surface area (TPSA) is 53.4 Å². The molecular weight excluding hydrogens is 332 g/mol. The van der Waals surface area contributed by atoms with Crippen LogP contribution in [0.15, 0.2) is 29.6 Å². The highest BCUT2D eigenvalue weighted by Crippen LogP contribution is 2.46. The largest absolute Gasteiger partial charge is 0.392 e.